The zero-order valence-electron chi connectivity index (χ0n) is 10.4. The van der Waals surface area contributed by atoms with E-state index >= 15 is 0 Å². The molecule has 3 rings (SSSR count). The molecule has 4 heteroatoms. The van der Waals surface area contributed by atoms with Gasteiger partial charge in [-0.3, -0.25) is 4.90 Å². The Hall–Kier alpha value is -0.840. The maximum atomic E-state index is 4.34. The van der Waals surface area contributed by atoms with Gasteiger partial charge < -0.3 is 0 Å². The first kappa shape index (κ1) is 12.2. The summed E-state index contributed by atoms with van der Waals surface area (Å²) in [6.07, 6.45) is 1.20. The first-order chi connectivity index (χ1) is 8.81. The molecule has 1 aromatic carbocycles. The Balaban J connectivity index is 1.56. The lowest BCUT2D eigenvalue weighted by Crippen LogP contribution is -2.26. The lowest BCUT2D eigenvalue weighted by molar-refractivity contribution is 0.324. The van der Waals surface area contributed by atoms with E-state index in [1.165, 1.54) is 22.6 Å². The van der Waals surface area contributed by atoms with Crippen molar-refractivity contribution in [2.24, 2.45) is 0 Å². The number of fused-ring (bicyclic) bond motifs is 1. The summed E-state index contributed by atoms with van der Waals surface area (Å²) < 4.78 is 0. The molecule has 1 aliphatic rings. The standard InChI is InChI=1S/C14H16N2S2/c1-16(7-12-9-17-10-15-12)8-13-6-11-4-2-3-5-14(11)18-13/h2-5,9-10,13H,6-8H2,1H3. The number of aromatic nitrogens is 1. The summed E-state index contributed by atoms with van der Waals surface area (Å²) in [5, 5.41) is 2.82. The van der Waals surface area contributed by atoms with Crippen LogP contribution in [-0.4, -0.2) is 28.7 Å². The average molecular weight is 276 g/mol. The highest BCUT2D eigenvalue weighted by molar-refractivity contribution is 8.00. The van der Waals surface area contributed by atoms with Crippen LogP contribution in [0.25, 0.3) is 0 Å². The minimum Gasteiger partial charge on any atom is -0.299 e. The lowest BCUT2D eigenvalue weighted by Gasteiger charge is -2.19. The van der Waals surface area contributed by atoms with Crippen molar-refractivity contribution in [1.82, 2.24) is 9.88 Å². The van der Waals surface area contributed by atoms with Crippen LogP contribution in [0.2, 0.25) is 0 Å². The van der Waals surface area contributed by atoms with E-state index in [1.807, 2.05) is 17.3 Å². The monoisotopic (exact) mass is 276 g/mol. The fourth-order valence-corrected chi connectivity index (χ4v) is 4.32. The SMILES string of the molecule is CN(Cc1cscn1)CC1Cc2ccccc2S1. The second kappa shape index (κ2) is 5.43. The molecule has 0 bridgehead atoms. The highest BCUT2D eigenvalue weighted by Crippen LogP contribution is 2.36. The molecule has 0 fully saturated rings. The van der Waals surface area contributed by atoms with Crippen molar-refractivity contribution in [3.05, 3.63) is 46.4 Å². The van der Waals surface area contributed by atoms with E-state index in [2.05, 4.69) is 46.6 Å². The van der Waals surface area contributed by atoms with Crippen molar-refractivity contribution in [1.29, 1.82) is 0 Å². The Morgan fingerprint density at radius 1 is 1.39 bits per heavy atom. The normalized spacial score (nSPS) is 18.2. The first-order valence-corrected chi connectivity index (χ1v) is 7.93. The highest BCUT2D eigenvalue weighted by Gasteiger charge is 2.22. The number of hydrogen-bond donors (Lipinski definition) is 0. The van der Waals surface area contributed by atoms with E-state index in [0.717, 1.165) is 13.1 Å². The number of nitrogens with zero attached hydrogens (tertiary/aromatic N) is 2. The second-order valence-electron chi connectivity index (χ2n) is 4.73. The molecule has 1 aliphatic heterocycles. The molecule has 2 heterocycles. The van der Waals surface area contributed by atoms with E-state index in [-0.39, 0.29) is 0 Å². The Morgan fingerprint density at radius 2 is 2.28 bits per heavy atom. The van der Waals surface area contributed by atoms with Crippen LogP contribution in [0.15, 0.2) is 40.1 Å². The molecule has 0 spiro atoms. The Kier molecular flexibility index (Phi) is 3.68. The zero-order valence-corrected chi connectivity index (χ0v) is 12.0. The van der Waals surface area contributed by atoms with Gasteiger partial charge in [-0.2, -0.15) is 0 Å². The molecule has 1 aromatic heterocycles. The summed E-state index contributed by atoms with van der Waals surface area (Å²) in [4.78, 5) is 8.18. The van der Waals surface area contributed by atoms with Crippen molar-refractivity contribution in [2.75, 3.05) is 13.6 Å². The molecule has 0 radical (unpaired) electrons. The fourth-order valence-electron chi connectivity index (χ4n) is 2.36. The van der Waals surface area contributed by atoms with E-state index in [0.29, 0.717) is 5.25 Å². The van der Waals surface area contributed by atoms with Gasteiger partial charge in [0, 0.05) is 28.6 Å². The van der Waals surface area contributed by atoms with Gasteiger partial charge in [-0.05, 0) is 25.1 Å². The third-order valence-electron chi connectivity index (χ3n) is 3.14. The average Bonchev–Trinajstić information content (AvgIpc) is 2.96. The van der Waals surface area contributed by atoms with Crippen LogP contribution in [0, 0.1) is 0 Å². The van der Waals surface area contributed by atoms with E-state index in [1.54, 1.807) is 11.3 Å². The van der Waals surface area contributed by atoms with Crippen LogP contribution < -0.4 is 0 Å². The quantitative estimate of drug-likeness (QED) is 0.852. The van der Waals surface area contributed by atoms with Gasteiger partial charge in [-0.1, -0.05) is 18.2 Å². The Labute approximate surface area is 116 Å². The number of benzene rings is 1. The van der Waals surface area contributed by atoms with Crippen LogP contribution in [0.4, 0.5) is 0 Å². The predicted molar refractivity (Wildman–Crippen MR) is 78.2 cm³/mol. The van der Waals surface area contributed by atoms with E-state index in [4.69, 9.17) is 0 Å². The maximum Gasteiger partial charge on any atom is 0.0795 e. The lowest BCUT2D eigenvalue weighted by atomic mass is 10.1. The minimum atomic E-state index is 0.686. The number of rotatable bonds is 4. The minimum absolute atomic E-state index is 0.686. The molecule has 2 nitrogen and oxygen atoms in total. The van der Waals surface area contributed by atoms with Crippen LogP contribution in [0.5, 0.6) is 0 Å². The van der Waals surface area contributed by atoms with Gasteiger partial charge in [0.15, 0.2) is 0 Å². The van der Waals surface area contributed by atoms with Crippen LogP contribution >= 0.6 is 23.1 Å². The first-order valence-electron chi connectivity index (χ1n) is 6.11. The molecule has 2 aromatic rings. The molecule has 0 saturated heterocycles. The molecule has 0 N–H and O–H groups in total. The molecule has 0 aliphatic carbocycles. The maximum absolute atomic E-state index is 4.34. The van der Waals surface area contributed by atoms with E-state index in [9.17, 15) is 0 Å². The van der Waals surface area contributed by atoms with Crippen molar-refractivity contribution in [2.45, 2.75) is 23.1 Å². The van der Waals surface area contributed by atoms with Gasteiger partial charge >= 0.3 is 0 Å². The van der Waals surface area contributed by atoms with E-state index < -0.39 is 0 Å². The predicted octanol–water partition coefficient (Wildman–Crippen LogP) is 3.29. The van der Waals surface area contributed by atoms with Gasteiger partial charge in [0.05, 0.1) is 11.2 Å². The number of hydrogen-bond acceptors (Lipinski definition) is 4. The van der Waals surface area contributed by atoms with Gasteiger partial charge in [-0.25, -0.2) is 4.98 Å². The smallest absolute Gasteiger partial charge is 0.0795 e. The molecule has 94 valence electrons. The summed E-state index contributed by atoms with van der Waals surface area (Å²) in [6.45, 7) is 2.08. The van der Waals surface area contributed by atoms with Crippen molar-refractivity contribution < 1.29 is 0 Å². The van der Waals surface area contributed by atoms with Gasteiger partial charge in [0.2, 0.25) is 0 Å². The molecular formula is C14H16N2S2. The third-order valence-corrected chi connectivity index (χ3v) is 5.08. The molecule has 1 unspecified atom stereocenters. The topological polar surface area (TPSA) is 16.1 Å². The van der Waals surface area contributed by atoms with Crippen LogP contribution in [-0.2, 0) is 13.0 Å². The summed E-state index contributed by atoms with van der Waals surface area (Å²) in [7, 11) is 2.18. The van der Waals surface area contributed by atoms with Gasteiger partial charge in [0.25, 0.3) is 0 Å². The van der Waals surface area contributed by atoms with Gasteiger partial charge in [-0.15, -0.1) is 23.1 Å². The van der Waals surface area contributed by atoms with Crippen molar-refractivity contribution in [3.63, 3.8) is 0 Å². The fraction of sp³-hybridized carbons (Fsp3) is 0.357. The highest BCUT2D eigenvalue weighted by atomic mass is 32.2. The Morgan fingerprint density at radius 3 is 3.06 bits per heavy atom. The third kappa shape index (κ3) is 2.76. The Bertz CT molecular complexity index is 485. The second-order valence-corrected chi connectivity index (χ2v) is 6.79. The number of thioether (sulfide) groups is 1. The largest absolute Gasteiger partial charge is 0.299 e. The van der Waals surface area contributed by atoms with Crippen molar-refractivity contribution >= 4 is 23.1 Å². The number of thiazole rings is 1. The summed E-state index contributed by atoms with van der Waals surface area (Å²) in [5.41, 5.74) is 4.60. The summed E-state index contributed by atoms with van der Waals surface area (Å²) >= 11 is 3.69. The van der Waals surface area contributed by atoms with Crippen molar-refractivity contribution in [3.8, 4) is 0 Å². The molecule has 1 atom stereocenters. The molecular weight excluding hydrogens is 260 g/mol. The zero-order chi connectivity index (χ0) is 12.4. The van der Waals surface area contributed by atoms with Gasteiger partial charge in [0.1, 0.15) is 0 Å². The van der Waals surface area contributed by atoms with Crippen LogP contribution in [0.1, 0.15) is 11.3 Å². The van der Waals surface area contributed by atoms with Crippen LogP contribution in [0.3, 0.4) is 0 Å². The molecule has 0 amide bonds. The summed E-state index contributed by atoms with van der Waals surface area (Å²) in [6, 6.07) is 8.76. The summed E-state index contributed by atoms with van der Waals surface area (Å²) in [5.74, 6) is 0. The molecule has 18 heavy (non-hydrogen) atoms. The molecule has 0 saturated carbocycles.